The standard InChI is InChI=1S/C21H35BN2O3/c1-16-13-23(14-17(2)24(16)11-12-25)15-18-7-9-19(10-8-18)22-26-20(3,4)21(5,6)27-22/h7-10,16-17,25H,11-15H2,1-6H3/t16-,17+. The van der Waals surface area contributed by atoms with Crippen LogP contribution < -0.4 is 5.46 Å². The van der Waals surface area contributed by atoms with E-state index in [1.165, 1.54) is 5.56 Å². The fourth-order valence-electron chi connectivity index (χ4n) is 4.17. The van der Waals surface area contributed by atoms with Crippen molar-refractivity contribution in [3.05, 3.63) is 29.8 Å². The highest BCUT2D eigenvalue weighted by molar-refractivity contribution is 6.62. The van der Waals surface area contributed by atoms with Crippen molar-refractivity contribution in [1.82, 2.24) is 9.80 Å². The molecule has 0 spiro atoms. The Morgan fingerprint density at radius 3 is 2.00 bits per heavy atom. The number of rotatable bonds is 5. The van der Waals surface area contributed by atoms with Gasteiger partial charge in [-0.2, -0.15) is 0 Å². The molecule has 3 rings (SSSR count). The molecule has 0 radical (unpaired) electrons. The predicted octanol–water partition coefficient (Wildman–Crippen LogP) is 1.87. The molecule has 0 saturated carbocycles. The Kier molecular flexibility index (Phi) is 6.04. The SMILES string of the molecule is C[C@@H]1CN(Cc2ccc(B3OC(C)(C)C(C)(C)O3)cc2)C[C@H](C)N1CCO. The first-order chi connectivity index (χ1) is 12.6. The van der Waals surface area contributed by atoms with Gasteiger partial charge in [0.05, 0.1) is 17.8 Å². The lowest BCUT2D eigenvalue weighted by atomic mass is 9.79. The molecule has 0 unspecified atom stereocenters. The van der Waals surface area contributed by atoms with Gasteiger partial charge in [-0.25, -0.2) is 0 Å². The summed E-state index contributed by atoms with van der Waals surface area (Å²) in [5.74, 6) is 0. The Hall–Kier alpha value is -0.915. The molecule has 5 nitrogen and oxygen atoms in total. The maximum Gasteiger partial charge on any atom is 0.494 e. The number of piperazine rings is 1. The summed E-state index contributed by atoms with van der Waals surface area (Å²) in [6.07, 6.45) is 0. The molecule has 2 fully saturated rings. The Balaban J connectivity index is 1.60. The number of nitrogens with zero attached hydrogens (tertiary/aromatic N) is 2. The molecule has 27 heavy (non-hydrogen) atoms. The van der Waals surface area contributed by atoms with Gasteiger partial charge in [0.25, 0.3) is 0 Å². The van der Waals surface area contributed by atoms with Crippen molar-refractivity contribution in [2.45, 2.75) is 71.4 Å². The van der Waals surface area contributed by atoms with E-state index in [2.05, 4.69) is 75.6 Å². The highest BCUT2D eigenvalue weighted by Crippen LogP contribution is 2.36. The van der Waals surface area contributed by atoms with Crippen molar-refractivity contribution in [3.63, 3.8) is 0 Å². The summed E-state index contributed by atoms with van der Waals surface area (Å²) >= 11 is 0. The Morgan fingerprint density at radius 1 is 1.00 bits per heavy atom. The van der Waals surface area contributed by atoms with Crippen LogP contribution >= 0.6 is 0 Å². The molecule has 6 heteroatoms. The fraction of sp³-hybridized carbons (Fsp3) is 0.714. The van der Waals surface area contributed by atoms with Crippen LogP contribution in [0.4, 0.5) is 0 Å². The van der Waals surface area contributed by atoms with E-state index in [-0.39, 0.29) is 24.9 Å². The molecule has 150 valence electrons. The molecule has 2 saturated heterocycles. The van der Waals surface area contributed by atoms with Crippen LogP contribution in [0.2, 0.25) is 0 Å². The summed E-state index contributed by atoms with van der Waals surface area (Å²) in [6.45, 7) is 16.8. The van der Waals surface area contributed by atoms with Gasteiger partial charge < -0.3 is 14.4 Å². The van der Waals surface area contributed by atoms with Crippen LogP contribution in [-0.2, 0) is 15.9 Å². The highest BCUT2D eigenvalue weighted by Gasteiger charge is 2.51. The lowest BCUT2D eigenvalue weighted by molar-refractivity contribution is 0.00578. The number of aliphatic hydroxyl groups is 1. The lowest BCUT2D eigenvalue weighted by Gasteiger charge is -2.44. The summed E-state index contributed by atoms with van der Waals surface area (Å²) in [7, 11) is -0.300. The molecule has 2 atom stereocenters. The van der Waals surface area contributed by atoms with Crippen LogP contribution in [0.25, 0.3) is 0 Å². The number of hydrogen-bond acceptors (Lipinski definition) is 5. The first kappa shape index (κ1) is 20.8. The van der Waals surface area contributed by atoms with Crippen molar-refractivity contribution in [3.8, 4) is 0 Å². The summed E-state index contributed by atoms with van der Waals surface area (Å²) in [5.41, 5.74) is 1.77. The molecule has 1 aromatic rings. The van der Waals surface area contributed by atoms with Gasteiger partial charge in [-0.05, 0) is 52.6 Å². The Labute approximate surface area is 164 Å². The largest absolute Gasteiger partial charge is 0.494 e. The van der Waals surface area contributed by atoms with Gasteiger partial charge in [-0.3, -0.25) is 9.80 Å². The topological polar surface area (TPSA) is 45.2 Å². The van der Waals surface area contributed by atoms with Crippen molar-refractivity contribution < 1.29 is 14.4 Å². The number of benzene rings is 1. The smallest absolute Gasteiger partial charge is 0.399 e. The molecule has 0 amide bonds. The molecule has 2 heterocycles. The van der Waals surface area contributed by atoms with Crippen LogP contribution in [0.3, 0.4) is 0 Å². The molecule has 0 aliphatic carbocycles. The molecule has 0 bridgehead atoms. The minimum atomic E-state index is -0.309. The van der Waals surface area contributed by atoms with E-state index in [1.807, 2.05) is 0 Å². The molecular weight excluding hydrogens is 339 g/mol. The van der Waals surface area contributed by atoms with Crippen LogP contribution in [0, 0.1) is 0 Å². The third kappa shape index (κ3) is 4.41. The molecular formula is C21H35BN2O3. The van der Waals surface area contributed by atoms with E-state index < -0.39 is 0 Å². The monoisotopic (exact) mass is 374 g/mol. The zero-order valence-corrected chi connectivity index (χ0v) is 17.7. The molecule has 1 aromatic carbocycles. The van der Waals surface area contributed by atoms with E-state index in [4.69, 9.17) is 9.31 Å². The second kappa shape index (κ2) is 7.84. The van der Waals surface area contributed by atoms with E-state index in [0.717, 1.165) is 31.6 Å². The zero-order chi connectivity index (χ0) is 19.8. The Bertz CT molecular complexity index is 607. The average molecular weight is 374 g/mol. The van der Waals surface area contributed by atoms with E-state index in [1.54, 1.807) is 0 Å². The van der Waals surface area contributed by atoms with Crippen LogP contribution in [-0.4, -0.2) is 71.6 Å². The zero-order valence-electron chi connectivity index (χ0n) is 17.7. The van der Waals surface area contributed by atoms with Crippen molar-refractivity contribution in [2.24, 2.45) is 0 Å². The van der Waals surface area contributed by atoms with E-state index >= 15 is 0 Å². The normalized spacial score (nSPS) is 28.6. The maximum absolute atomic E-state index is 9.26. The Morgan fingerprint density at radius 2 is 1.52 bits per heavy atom. The third-order valence-electron chi connectivity index (χ3n) is 6.45. The van der Waals surface area contributed by atoms with E-state index in [0.29, 0.717) is 12.1 Å². The first-order valence-electron chi connectivity index (χ1n) is 10.2. The molecule has 2 aliphatic heterocycles. The van der Waals surface area contributed by atoms with Crippen LogP contribution in [0.1, 0.15) is 47.1 Å². The molecule has 2 aliphatic rings. The van der Waals surface area contributed by atoms with Crippen molar-refractivity contribution in [2.75, 3.05) is 26.2 Å². The number of β-amino-alcohol motifs (C(OH)–C–C–N with tert-alkyl or cyclic N) is 1. The van der Waals surface area contributed by atoms with Gasteiger partial charge in [0, 0.05) is 38.3 Å². The van der Waals surface area contributed by atoms with Crippen molar-refractivity contribution in [1.29, 1.82) is 0 Å². The van der Waals surface area contributed by atoms with Crippen LogP contribution in [0.15, 0.2) is 24.3 Å². The van der Waals surface area contributed by atoms with E-state index in [9.17, 15) is 5.11 Å². The highest BCUT2D eigenvalue weighted by atomic mass is 16.7. The molecule has 1 N–H and O–H groups in total. The predicted molar refractivity (Wildman–Crippen MR) is 110 cm³/mol. The number of aliphatic hydroxyl groups excluding tert-OH is 1. The lowest BCUT2D eigenvalue weighted by Crippen LogP contribution is -2.56. The van der Waals surface area contributed by atoms with Gasteiger partial charge >= 0.3 is 7.12 Å². The molecule has 0 aromatic heterocycles. The van der Waals surface area contributed by atoms with Gasteiger partial charge in [-0.15, -0.1) is 0 Å². The quantitative estimate of drug-likeness (QED) is 0.798. The van der Waals surface area contributed by atoms with Gasteiger partial charge in [-0.1, -0.05) is 24.3 Å². The third-order valence-corrected chi connectivity index (χ3v) is 6.45. The number of hydrogen-bond donors (Lipinski definition) is 1. The van der Waals surface area contributed by atoms with Crippen LogP contribution in [0.5, 0.6) is 0 Å². The second-order valence-corrected chi connectivity index (χ2v) is 9.18. The van der Waals surface area contributed by atoms with Crippen molar-refractivity contribution >= 4 is 12.6 Å². The second-order valence-electron chi connectivity index (χ2n) is 9.18. The first-order valence-corrected chi connectivity index (χ1v) is 10.2. The summed E-state index contributed by atoms with van der Waals surface area (Å²) < 4.78 is 12.3. The maximum atomic E-state index is 9.26. The minimum absolute atomic E-state index is 0.231. The summed E-state index contributed by atoms with van der Waals surface area (Å²) in [5, 5.41) is 9.26. The van der Waals surface area contributed by atoms with Gasteiger partial charge in [0.1, 0.15) is 0 Å². The average Bonchev–Trinajstić information content (AvgIpc) is 2.79. The van der Waals surface area contributed by atoms with Gasteiger partial charge in [0.2, 0.25) is 0 Å². The summed E-state index contributed by atoms with van der Waals surface area (Å²) in [4.78, 5) is 4.91. The minimum Gasteiger partial charge on any atom is -0.399 e. The fourth-order valence-corrected chi connectivity index (χ4v) is 4.17. The summed E-state index contributed by atoms with van der Waals surface area (Å²) in [6, 6.07) is 9.57. The van der Waals surface area contributed by atoms with Gasteiger partial charge in [0.15, 0.2) is 0 Å².